The molecule has 3 aromatic rings. The molecule has 2 atom stereocenters. The molecule has 37 heavy (non-hydrogen) atoms. The van der Waals surface area contributed by atoms with Crippen LogP contribution in [0.25, 0.3) is 10.9 Å². The van der Waals surface area contributed by atoms with Crippen molar-refractivity contribution in [1.29, 1.82) is 0 Å². The number of para-hydroxylation sites is 1. The van der Waals surface area contributed by atoms with Gasteiger partial charge in [0, 0.05) is 71.9 Å². The summed E-state index contributed by atoms with van der Waals surface area (Å²) in [6, 6.07) is 9.75. The van der Waals surface area contributed by atoms with Crippen LogP contribution in [-0.2, 0) is 6.42 Å². The molecule has 2 aromatic carbocycles. The van der Waals surface area contributed by atoms with Gasteiger partial charge in [-0.05, 0) is 44.2 Å². The van der Waals surface area contributed by atoms with E-state index in [0.29, 0.717) is 32.6 Å². The maximum atomic E-state index is 15.8. The number of halogens is 4. The first-order valence-electron chi connectivity index (χ1n) is 13.3. The Labute approximate surface area is 214 Å². The molecule has 1 saturated heterocycles. The van der Waals surface area contributed by atoms with Crippen LogP contribution in [0.4, 0.5) is 17.6 Å². The highest BCUT2D eigenvalue weighted by atomic mass is 19.1. The van der Waals surface area contributed by atoms with Crippen LogP contribution in [0.1, 0.15) is 49.0 Å². The van der Waals surface area contributed by atoms with Crippen LogP contribution in [0, 0.1) is 17.0 Å². The third kappa shape index (κ3) is 4.52. The molecule has 0 spiro atoms. The van der Waals surface area contributed by atoms with E-state index in [1.807, 2.05) is 24.3 Å². The number of nitrogens with one attached hydrogen (secondary N) is 1. The maximum Gasteiger partial charge on any atom is 0.135 e. The molecule has 0 amide bonds. The third-order valence-electron chi connectivity index (χ3n) is 8.44. The number of fused-ring (bicyclic) bond motifs is 3. The minimum absolute atomic E-state index is 0.0132. The van der Waals surface area contributed by atoms with Gasteiger partial charge in [0.15, 0.2) is 0 Å². The Morgan fingerprint density at radius 3 is 2.49 bits per heavy atom. The number of alkyl halides is 2. The predicted octanol–water partition coefficient (Wildman–Crippen LogP) is 5.95. The summed E-state index contributed by atoms with van der Waals surface area (Å²) < 4.78 is 63.8. The summed E-state index contributed by atoms with van der Waals surface area (Å²) in [5, 5.41) is 1.06. The molecule has 3 aliphatic rings. The van der Waals surface area contributed by atoms with E-state index in [1.165, 1.54) is 12.1 Å². The summed E-state index contributed by atoms with van der Waals surface area (Å²) >= 11 is 0. The molecular formula is C29H33F4N3O. The number of hydrogen-bond acceptors (Lipinski definition) is 3. The lowest BCUT2D eigenvalue weighted by Crippen LogP contribution is -2.53. The summed E-state index contributed by atoms with van der Waals surface area (Å²) in [4.78, 5) is 7.59. The standard InChI is InChI=1S/C29H33F4N3O/c1-18-11-22-21-5-2-3-6-25(21)34-27(22)28(36(18)17-29(16-31)7-8-29)26-23(32)12-19(13-24(26)33)37-20-14-35(15-20)10-4-9-30/h2-3,5-6,12-13,18,20,28,34H,4,7-11,14-17H2,1H3/t18-,28?/m1/s1. The van der Waals surface area contributed by atoms with Gasteiger partial charge in [-0.1, -0.05) is 18.2 Å². The number of nitrogens with zero attached hydrogens (tertiary/aromatic N) is 2. The molecule has 1 aromatic heterocycles. The number of H-pyrrole nitrogens is 1. The van der Waals surface area contributed by atoms with E-state index in [-0.39, 0.29) is 30.1 Å². The highest BCUT2D eigenvalue weighted by molar-refractivity contribution is 5.85. The molecular weight excluding hydrogens is 482 g/mol. The molecule has 1 saturated carbocycles. The summed E-state index contributed by atoms with van der Waals surface area (Å²) in [6.07, 6.45) is 2.61. The van der Waals surface area contributed by atoms with E-state index >= 15 is 8.78 Å². The van der Waals surface area contributed by atoms with Gasteiger partial charge in [-0.3, -0.25) is 18.6 Å². The van der Waals surface area contributed by atoms with Gasteiger partial charge in [0.25, 0.3) is 0 Å². The summed E-state index contributed by atoms with van der Waals surface area (Å²) in [7, 11) is 0. The number of aromatic nitrogens is 1. The van der Waals surface area contributed by atoms with E-state index in [4.69, 9.17) is 4.74 Å². The van der Waals surface area contributed by atoms with E-state index in [0.717, 1.165) is 41.4 Å². The van der Waals surface area contributed by atoms with E-state index < -0.39 is 29.8 Å². The zero-order valence-corrected chi connectivity index (χ0v) is 21.1. The van der Waals surface area contributed by atoms with E-state index in [9.17, 15) is 8.78 Å². The van der Waals surface area contributed by atoms with Gasteiger partial charge < -0.3 is 9.72 Å². The molecule has 1 unspecified atom stereocenters. The summed E-state index contributed by atoms with van der Waals surface area (Å²) in [6.45, 7) is 3.61. The Bertz CT molecular complexity index is 1260. The lowest BCUT2D eigenvalue weighted by Gasteiger charge is -2.43. The molecule has 3 heterocycles. The third-order valence-corrected chi connectivity index (χ3v) is 8.44. The molecule has 1 aliphatic carbocycles. The minimum Gasteiger partial charge on any atom is -0.488 e. The molecule has 0 radical (unpaired) electrons. The number of likely N-dealkylation sites (tertiary alicyclic amines) is 1. The van der Waals surface area contributed by atoms with Crippen LogP contribution in [0.2, 0.25) is 0 Å². The molecule has 6 rings (SSSR count). The second kappa shape index (κ2) is 9.62. The van der Waals surface area contributed by atoms with Gasteiger partial charge in [-0.25, -0.2) is 8.78 Å². The quantitative estimate of drug-likeness (QED) is 0.357. The molecule has 2 fully saturated rings. The molecule has 1 N–H and O–H groups in total. The fourth-order valence-electron chi connectivity index (χ4n) is 6.11. The number of hydrogen-bond donors (Lipinski definition) is 1. The Morgan fingerprint density at radius 2 is 1.81 bits per heavy atom. The topological polar surface area (TPSA) is 31.5 Å². The monoisotopic (exact) mass is 515 g/mol. The zero-order valence-electron chi connectivity index (χ0n) is 21.1. The van der Waals surface area contributed by atoms with Gasteiger partial charge in [0.05, 0.1) is 19.4 Å². The molecule has 2 aliphatic heterocycles. The van der Waals surface area contributed by atoms with Crippen LogP contribution in [-0.4, -0.2) is 66.5 Å². The number of aromatic amines is 1. The van der Waals surface area contributed by atoms with Gasteiger partial charge in [-0.2, -0.15) is 0 Å². The van der Waals surface area contributed by atoms with Crippen molar-refractivity contribution in [1.82, 2.24) is 14.8 Å². The normalized spacial score (nSPS) is 23.7. The lowest BCUT2D eigenvalue weighted by molar-refractivity contribution is 0.0180. The second-order valence-corrected chi connectivity index (χ2v) is 11.2. The fourth-order valence-corrected chi connectivity index (χ4v) is 6.11. The van der Waals surface area contributed by atoms with Crippen LogP contribution < -0.4 is 4.74 Å². The zero-order chi connectivity index (χ0) is 25.7. The van der Waals surface area contributed by atoms with Crippen molar-refractivity contribution in [3.8, 4) is 5.75 Å². The average molecular weight is 516 g/mol. The summed E-state index contributed by atoms with van der Waals surface area (Å²) in [5.74, 6) is -1.17. The van der Waals surface area contributed by atoms with E-state index in [1.54, 1.807) is 0 Å². The van der Waals surface area contributed by atoms with E-state index in [2.05, 4.69) is 21.7 Å². The number of benzene rings is 2. The molecule has 8 heteroatoms. The van der Waals surface area contributed by atoms with Gasteiger partial charge in [-0.15, -0.1) is 0 Å². The first-order valence-corrected chi connectivity index (χ1v) is 13.3. The number of ether oxygens (including phenoxy) is 1. The number of rotatable bonds is 9. The van der Waals surface area contributed by atoms with Crippen LogP contribution in [0.3, 0.4) is 0 Å². The van der Waals surface area contributed by atoms with Crippen molar-refractivity contribution in [2.75, 3.05) is 39.5 Å². The average Bonchev–Trinajstić information content (AvgIpc) is 3.54. The molecule has 4 nitrogen and oxygen atoms in total. The van der Waals surface area contributed by atoms with Gasteiger partial charge >= 0.3 is 0 Å². The maximum absolute atomic E-state index is 15.8. The molecule has 0 bridgehead atoms. The second-order valence-electron chi connectivity index (χ2n) is 11.2. The molecule has 198 valence electrons. The van der Waals surface area contributed by atoms with Gasteiger partial charge in [0.2, 0.25) is 0 Å². The first kappa shape index (κ1) is 24.7. The minimum atomic E-state index is -0.691. The lowest BCUT2D eigenvalue weighted by atomic mass is 9.87. The fraction of sp³-hybridized carbons (Fsp3) is 0.517. The largest absolute Gasteiger partial charge is 0.488 e. The highest BCUT2D eigenvalue weighted by Gasteiger charge is 2.48. The van der Waals surface area contributed by atoms with Crippen molar-refractivity contribution in [2.24, 2.45) is 5.41 Å². The van der Waals surface area contributed by atoms with Crippen molar-refractivity contribution < 1.29 is 22.3 Å². The highest BCUT2D eigenvalue weighted by Crippen LogP contribution is 2.51. The van der Waals surface area contributed by atoms with Crippen LogP contribution in [0.5, 0.6) is 5.75 Å². The summed E-state index contributed by atoms with van der Waals surface area (Å²) in [5.41, 5.74) is 2.32. The SMILES string of the molecule is C[C@@H]1Cc2c([nH]c3ccccc23)C(c2c(F)cc(OC3CN(CCCF)C3)cc2F)N1CC1(CF)CC1. The predicted molar refractivity (Wildman–Crippen MR) is 135 cm³/mol. The Morgan fingerprint density at radius 1 is 1.08 bits per heavy atom. The Balaban J connectivity index is 1.34. The first-order chi connectivity index (χ1) is 17.9. The Hall–Kier alpha value is -2.58. The Kier molecular flexibility index (Phi) is 6.43. The van der Waals surface area contributed by atoms with Gasteiger partial charge in [0.1, 0.15) is 23.5 Å². The van der Waals surface area contributed by atoms with Crippen molar-refractivity contribution in [3.63, 3.8) is 0 Å². The van der Waals surface area contributed by atoms with Crippen LogP contribution in [0.15, 0.2) is 36.4 Å². The smallest absolute Gasteiger partial charge is 0.135 e. The van der Waals surface area contributed by atoms with Crippen molar-refractivity contribution >= 4 is 10.9 Å². The van der Waals surface area contributed by atoms with Crippen molar-refractivity contribution in [2.45, 2.75) is 50.8 Å². The van der Waals surface area contributed by atoms with Crippen molar-refractivity contribution in [3.05, 3.63) is 64.9 Å². The van der Waals surface area contributed by atoms with Crippen LogP contribution >= 0.6 is 0 Å².